The van der Waals surface area contributed by atoms with Gasteiger partial charge in [0.05, 0.1) is 7.11 Å². The fraction of sp³-hybridized carbons (Fsp3) is 0.733. The smallest absolute Gasteiger partial charge is 0.357 e. The Kier molecular flexibility index (Phi) is 5.54. The Morgan fingerprint density at radius 1 is 1.40 bits per heavy atom. The van der Waals surface area contributed by atoms with E-state index >= 15 is 0 Å². The van der Waals surface area contributed by atoms with Crippen LogP contribution in [0.1, 0.15) is 65.5 Å². The van der Waals surface area contributed by atoms with E-state index < -0.39 is 0 Å². The number of hydrogen-bond acceptors (Lipinski definition) is 5. The fourth-order valence-electron chi connectivity index (χ4n) is 2.85. The molecule has 4 nitrogen and oxygen atoms in total. The topological polar surface area (TPSA) is 48.4 Å². The molecule has 1 heterocycles. The molecule has 0 bridgehead atoms. The van der Waals surface area contributed by atoms with Crippen LogP contribution in [0.4, 0.5) is 0 Å². The third-order valence-corrected chi connectivity index (χ3v) is 4.89. The molecule has 5 heteroatoms. The van der Waals surface area contributed by atoms with Crippen molar-refractivity contribution in [2.24, 2.45) is 5.92 Å². The quantitative estimate of drug-likeness (QED) is 0.773. The average molecular weight is 297 g/mol. The number of hydrogen-bond donors (Lipinski definition) is 0. The van der Waals surface area contributed by atoms with E-state index in [-0.39, 0.29) is 12.1 Å². The Balaban J connectivity index is 2.22. The lowest BCUT2D eigenvalue weighted by molar-refractivity contribution is 0.00537. The van der Waals surface area contributed by atoms with Crippen molar-refractivity contribution in [2.75, 3.05) is 13.7 Å². The van der Waals surface area contributed by atoms with Crippen molar-refractivity contribution < 1.29 is 14.3 Å². The molecule has 1 unspecified atom stereocenters. The van der Waals surface area contributed by atoms with Crippen LogP contribution >= 0.6 is 11.3 Å². The van der Waals surface area contributed by atoms with Gasteiger partial charge in [0.15, 0.2) is 5.69 Å². The number of carbonyl (C=O) groups excluding carboxylic acids is 1. The Morgan fingerprint density at radius 3 is 2.70 bits per heavy atom. The van der Waals surface area contributed by atoms with Crippen molar-refractivity contribution in [3.05, 3.63) is 15.6 Å². The van der Waals surface area contributed by atoms with Crippen molar-refractivity contribution in [1.82, 2.24) is 4.98 Å². The molecule has 1 aromatic rings. The molecule has 0 amide bonds. The number of methoxy groups -OCH3 is 1. The number of aromatic nitrogens is 1. The maximum Gasteiger partial charge on any atom is 0.357 e. The Morgan fingerprint density at radius 2 is 2.10 bits per heavy atom. The molecule has 112 valence electrons. The molecule has 1 aliphatic rings. The summed E-state index contributed by atoms with van der Waals surface area (Å²) >= 11 is 1.56. The van der Waals surface area contributed by atoms with Gasteiger partial charge in [0, 0.05) is 11.5 Å². The highest BCUT2D eigenvalue weighted by molar-refractivity contribution is 7.11. The molecule has 1 saturated carbocycles. The molecule has 20 heavy (non-hydrogen) atoms. The van der Waals surface area contributed by atoms with E-state index in [1.54, 1.807) is 11.3 Å². The number of ether oxygens (including phenoxy) is 2. The van der Waals surface area contributed by atoms with E-state index in [1.807, 2.05) is 13.8 Å². The van der Waals surface area contributed by atoms with E-state index in [0.29, 0.717) is 18.2 Å². The SMILES string of the molecule is CCOC(c1nc(C(=O)OC)c(C)s1)C1CCCCC1. The summed E-state index contributed by atoms with van der Waals surface area (Å²) in [6, 6.07) is 0. The molecule has 0 spiro atoms. The monoisotopic (exact) mass is 297 g/mol. The van der Waals surface area contributed by atoms with Gasteiger partial charge in [-0.15, -0.1) is 11.3 Å². The van der Waals surface area contributed by atoms with E-state index in [1.165, 1.54) is 39.2 Å². The van der Waals surface area contributed by atoms with Gasteiger partial charge < -0.3 is 9.47 Å². The zero-order valence-corrected chi connectivity index (χ0v) is 13.3. The second kappa shape index (κ2) is 7.18. The van der Waals surface area contributed by atoms with E-state index in [2.05, 4.69) is 4.98 Å². The van der Waals surface area contributed by atoms with Gasteiger partial charge >= 0.3 is 5.97 Å². The van der Waals surface area contributed by atoms with Crippen LogP contribution in [0.3, 0.4) is 0 Å². The zero-order valence-electron chi connectivity index (χ0n) is 12.5. The van der Waals surface area contributed by atoms with Gasteiger partial charge in [-0.3, -0.25) is 0 Å². The van der Waals surface area contributed by atoms with Crippen LogP contribution in [-0.4, -0.2) is 24.7 Å². The van der Waals surface area contributed by atoms with Crippen LogP contribution < -0.4 is 0 Å². The number of carbonyl (C=O) groups is 1. The summed E-state index contributed by atoms with van der Waals surface area (Å²) in [5, 5.41) is 0.927. The van der Waals surface area contributed by atoms with Crippen LogP contribution in [-0.2, 0) is 9.47 Å². The van der Waals surface area contributed by atoms with Crippen molar-refractivity contribution >= 4 is 17.3 Å². The first-order valence-corrected chi connectivity index (χ1v) is 8.16. The number of rotatable bonds is 5. The van der Waals surface area contributed by atoms with Crippen molar-refractivity contribution in [1.29, 1.82) is 0 Å². The van der Waals surface area contributed by atoms with Gasteiger partial charge in [-0.05, 0) is 32.6 Å². The minimum Gasteiger partial charge on any atom is -0.464 e. The van der Waals surface area contributed by atoms with Crippen LogP contribution in [0.5, 0.6) is 0 Å². The first-order valence-electron chi connectivity index (χ1n) is 7.34. The predicted octanol–water partition coefficient (Wildman–Crippen LogP) is 3.90. The largest absolute Gasteiger partial charge is 0.464 e. The highest BCUT2D eigenvalue weighted by Crippen LogP contribution is 2.39. The molecular formula is C15H23NO3S. The summed E-state index contributed by atoms with van der Waals surface area (Å²) in [6.45, 7) is 4.60. The molecule has 1 aromatic heterocycles. The van der Waals surface area contributed by atoms with Gasteiger partial charge in [0.2, 0.25) is 0 Å². The lowest BCUT2D eigenvalue weighted by atomic mass is 9.85. The minimum absolute atomic E-state index is 0.0300. The van der Waals surface area contributed by atoms with Gasteiger partial charge in [-0.25, -0.2) is 9.78 Å². The first-order chi connectivity index (χ1) is 9.67. The second-order valence-electron chi connectivity index (χ2n) is 5.22. The Hall–Kier alpha value is -0.940. The van der Waals surface area contributed by atoms with E-state index in [4.69, 9.17) is 9.47 Å². The maximum absolute atomic E-state index is 11.7. The van der Waals surface area contributed by atoms with Gasteiger partial charge in [0.1, 0.15) is 11.1 Å². The number of thiazole rings is 1. The lowest BCUT2D eigenvalue weighted by Crippen LogP contribution is -2.19. The highest BCUT2D eigenvalue weighted by atomic mass is 32.1. The summed E-state index contributed by atoms with van der Waals surface area (Å²) < 4.78 is 10.7. The summed E-state index contributed by atoms with van der Waals surface area (Å²) in [7, 11) is 1.39. The molecule has 0 radical (unpaired) electrons. The number of aryl methyl sites for hydroxylation is 1. The normalized spacial score (nSPS) is 17.9. The summed E-state index contributed by atoms with van der Waals surface area (Å²) in [5.74, 6) is 0.170. The van der Waals surface area contributed by atoms with Crippen LogP contribution in [0.2, 0.25) is 0 Å². The lowest BCUT2D eigenvalue weighted by Gasteiger charge is -2.28. The van der Waals surface area contributed by atoms with Crippen molar-refractivity contribution in [3.8, 4) is 0 Å². The number of esters is 1. The van der Waals surface area contributed by atoms with Gasteiger partial charge in [-0.1, -0.05) is 19.3 Å². The predicted molar refractivity (Wildman–Crippen MR) is 79.1 cm³/mol. The van der Waals surface area contributed by atoms with Crippen LogP contribution in [0.15, 0.2) is 0 Å². The molecule has 0 N–H and O–H groups in total. The van der Waals surface area contributed by atoms with Crippen LogP contribution in [0.25, 0.3) is 0 Å². The summed E-state index contributed by atoms with van der Waals surface area (Å²) in [4.78, 5) is 17.1. The maximum atomic E-state index is 11.7. The molecule has 1 fully saturated rings. The molecule has 0 aromatic carbocycles. The molecule has 1 aliphatic carbocycles. The molecule has 0 saturated heterocycles. The third-order valence-electron chi connectivity index (χ3n) is 3.86. The molecule has 2 rings (SSSR count). The second-order valence-corrected chi connectivity index (χ2v) is 6.46. The van der Waals surface area contributed by atoms with Crippen molar-refractivity contribution in [2.45, 2.75) is 52.1 Å². The molecular weight excluding hydrogens is 274 g/mol. The molecule has 0 aliphatic heterocycles. The third kappa shape index (κ3) is 3.38. The Labute approximate surface area is 124 Å². The number of nitrogens with zero attached hydrogens (tertiary/aromatic N) is 1. The first kappa shape index (κ1) is 15.4. The highest BCUT2D eigenvalue weighted by Gasteiger charge is 2.29. The van der Waals surface area contributed by atoms with Crippen LogP contribution in [0, 0.1) is 12.8 Å². The van der Waals surface area contributed by atoms with E-state index in [0.717, 1.165) is 9.88 Å². The Bertz CT molecular complexity index is 452. The van der Waals surface area contributed by atoms with Gasteiger partial charge in [-0.2, -0.15) is 0 Å². The standard InChI is InChI=1S/C15H23NO3S/c1-4-19-13(11-8-6-5-7-9-11)14-16-12(10(2)20-14)15(17)18-3/h11,13H,4-9H2,1-3H3. The zero-order chi connectivity index (χ0) is 14.5. The van der Waals surface area contributed by atoms with E-state index in [9.17, 15) is 4.79 Å². The van der Waals surface area contributed by atoms with Crippen molar-refractivity contribution in [3.63, 3.8) is 0 Å². The minimum atomic E-state index is -0.358. The average Bonchev–Trinajstić information content (AvgIpc) is 2.86. The van der Waals surface area contributed by atoms with Gasteiger partial charge in [0.25, 0.3) is 0 Å². The molecule has 1 atom stereocenters. The fourth-order valence-corrected chi connectivity index (χ4v) is 3.90. The summed E-state index contributed by atoms with van der Waals surface area (Å²) in [5.41, 5.74) is 0.438. The summed E-state index contributed by atoms with van der Waals surface area (Å²) in [6.07, 6.45) is 6.26.